The van der Waals surface area contributed by atoms with Crippen molar-refractivity contribution in [3.63, 3.8) is 0 Å². The summed E-state index contributed by atoms with van der Waals surface area (Å²) in [5.41, 5.74) is 0.833. The van der Waals surface area contributed by atoms with E-state index in [0.717, 1.165) is 18.5 Å². The summed E-state index contributed by atoms with van der Waals surface area (Å²) in [5.74, 6) is 0.234. The minimum atomic E-state index is -0.440. The summed E-state index contributed by atoms with van der Waals surface area (Å²) in [6.45, 7) is 5.93. The predicted octanol–water partition coefficient (Wildman–Crippen LogP) is 2.47. The molecule has 0 saturated heterocycles. The smallest absolute Gasteiger partial charge is 0.311 e. The standard InChI is InChI=1S/C13H20N2O4/c1-3-7-14-9-11-5-6-13(19-10-18-4-2)12(8-11)15(16)17/h5-6,8,14H,3-4,7,9-10H2,1-2H3. The van der Waals surface area contributed by atoms with E-state index in [1.165, 1.54) is 6.07 Å². The van der Waals surface area contributed by atoms with E-state index in [4.69, 9.17) is 9.47 Å². The second-order valence-corrected chi connectivity index (χ2v) is 3.99. The van der Waals surface area contributed by atoms with Crippen molar-refractivity contribution in [1.29, 1.82) is 0 Å². The monoisotopic (exact) mass is 268 g/mol. The van der Waals surface area contributed by atoms with E-state index in [2.05, 4.69) is 12.2 Å². The van der Waals surface area contributed by atoms with Crippen LogP contribution in [0.25, 0.3) is 0 Å². The number of nitrogens with zero attached hydrogens (tertiary/aromatic N) is 1. The van der Waals surface area contributed by atoms with Gasteiger partial charge in [0.2, 0.25) is 0 Å². The number of nitro groups is 1. The summed E-state index contributed by atoms with van der Waals surface area (Å²) in [6, 6.07) is 4.96. The van der Waals surface area contributed by atoms with Gasteiger partial charge >= 0.3 is 5.69 Å². The van der Waals surface area contributed by atoms with Crippen molar-refractivity contribution in [1.82, 2.24) is 5.32 Å². The van der Waals surface area contributed by atoms with Crippen LogP contribution in [0.2, 0.25) is 0 Å². The van der Waals surface area contributed by atoms with Crippen molar-refractivity contribution in [3.8, 4) is 5.75 Å². The molecule has 0 aliphatic heterocycles. The Balaban J connectivity index is 2.73. The highest BCUT2D eigenvalue weighted by Gasteiger charge is 2.15. The van der Waals surface area contributed by atoms with Gasteiger partial charge in [0.1, 0.15) is 0 Å². The molecule has 0 fully saturated rings. The second kappa shape index (κ2) is 8.44. The summed E-state index contributed by atoms with van der Waals surface area (Å²) in [5, 5.41) is 14.2. The molecule has 19 heavy (non-hydrogen) atoms. The molecule has 0 heterocycles. The lowest BCUT2D eigenvalue weighted by Gasteiger charge is -2.08. The normalized spacial score (nSPS) is 10.4. The van der Waals surface area contributed by atoms with Gasteiger partial charge in [-0.1, -0.05) is 13.0 Å². The first-order valence-corrected chi connectivity index (χ1v) is 6.37. The van der Waals surface area contributed by atoms with Gasteiger partial charge in [-0.25, -0.2) is 0 Å². The van der Waals surface area contributed by atoms with Crippen LogP contribution in [-0.4, -0.2) is 24.9 Å². The van der Waals surface area contributed by atoms with Crippen molar-refractivity contribution in [2.24, 2.45) is 0 Å². The largest absolute Gasteiger partial charge is 0.460 e. The molecule has 1 aromatic rings. The molecule has 0 aliphatic rings. The Labute approximate surface area is 112 Å². The molecule has 0 unspecified atom stereocenters. The van der Waals surface area contributed by atoms with Crippen molar-refractivity contribution < 1.29 is 14.4 Å². The number of nitro benzene ring substituents is 1. The van der Waals surface area contributed by atoms with Gasteiger partial charge < -0.3 is 14.8 Å². The SMILES string of the molecule is CCCNCc1ccc(OCOCC)c([N+](=O)[O-])c1. The Kier molecular flexibility index (Phi) is 6.84. The third-order valence-corrected chi connectivity index (χ3v) is 2.48. The first kappa shape index (κ1) is 15.4. The number of nitrogens with one attached hydrogen (secondary N) is 1. The van der Waals surface area contributed by atoms with Crippen LogP contribution in [0.15, 0.2) is 18.2 Å². The van der Waals surface area contributed by atoms with Crippen LogP contribution in [0.5, 0.6) is 5.75 Å². The van der Waals surface area contributed by atoms with Crippen molar-refractivity contribution in [3.05, 3.63) is 33.9 Å². The fourth-order valence-electron chi connectivity index (χ4n) is 1.54. The number of hydrogen-bond donors (Lipinski definition) is 1. The summed E-state index contributed by atoms with van der Waals surface area (Å²) < 4.78 is 10.3. The Bertz CT molecular complexity index is 410. The minimum absolute atomic E-state index is 0.0186. The van der Waals surface area contributed by atoms with Crippen LogP contribution in [0.4, 0.5) is 5.69 Å². The second-order valence-electron chi connectivity index (χ2n) is 3.99. The molecule has 0 aliphatic carbocycles. The lowest BCUT2D eigenvalue weighted by atomic mass is 10.2. The maximum atomic E-state index is 11.0. The number of hydrogen-bond acceptors (Lipinski definition) is 5. The number of rotatable bonds is 9. The van der Waals surface area contributed by atoms with Gasteiger partial charge in [-0.05, 0) is 31.5 Å². The van der Waals surface area contributed by atoms with Gasteiger partial charge in [-0.2, -0.15) is 0 Å². The van der Waals surface area contributed by atoms with E-state index < -0.39 is 4.92 Å². The zero-order valence-electron chi connectivity index (χ0n) is 11.3. The molecular formula is C13H20N2O4. The van der Waals surface area contributed by atoms with Gasteiger partial charge in [0, 0.05) is 19.2 Å². The molecule has 0 saturated carbocycles. The quantitative estimate of drug-likeness (QED) is 0.322. The molecule has 0 radical (unpaired) electrons. The van der Waals surface area contributed by atoms with Gasteiger partial charge in [-0.15, -0.1) is 0 Å². The Morgan fingerprint density at radius 3 is 2.79 bits per heavy atom. The molecule has 0 amide bonds. The molecule has 0 spiro atoms. The number of benzene rings is 1. The van der Waals surface area contributed by atoms with E-state index >= 15 is 0 Å². The topological polar surface area (TPSA) is 73.6 Å². The molecule has 0 atom stereocenters. The van der Waals surface area contributed by atoms with Crippen LogP contribution >= 0.6 is 0 Å². The highest BCUT2D eigenvalue weighted by molar-refractivity contribution is 5.48. The molecule has 0 aromatic heterocycles. The van der Waals surface area contributed by atoms with Gasteiger partial charge in [-0.3, -0.25) is 10.1 Å². The maximum absolute atomic E-state index is 11.0. The number of ether oxygens (including phenoxy) is 2. The van der Waals surface area contributed by atoms with E-state index in [1.54, 1.807) is 6.07 Å². The maximum Gasteiger partial charge on any atom is 0.311 e. The van der Waals surface area contributed by atoms with Crippen LogP contribution in [0, 0.1) is 10.1 Å². The Hall–Kier alpha value is -1.66. The van der Waals surface area contributed by atoms with E-state index in [1.807, 2.05) is 13.0 Å². The van der Waals surface area contributed by atoms with Crippen LogP contribution in [0.3, 0.4) is 0 Å². The first-order valence-electron chi connectivity index (χ1n) is 6.37. The molecule has 1 aromatic carbocycles. The third-order valence-electron chi connectivity index (χ3n) is 2.48. The van der Waals surface area contributed by atoms with Crippen LogP contribution in [-0.2, 0) is 11.3 Å². The Morgan fingerprint density at radius 1 is 1.37 bits per heavy atom. The molecule has 6 heteroatoms. The average molecular weight is 268 g/mol. The highest BCUT2D eigenvalue weighted by atomic mass is 16.7. The minimum Gasteiger partial charge on any atom is -0.460 e. The van der Waals surface area contributed by atoms with Crippen LogP contribution in [0.1, 0.15) is 25.8 Å². The van der Waals surface area contributed by atoms with Gasteiger partial charge in [0.25, 0.3) is 0 Å². The highest BCUT2D eigenvalue weighted by Crippen LogP contribution is 2.27. The van der Waals surface area contributed by atoms with Crippen molar-refractivity contribution in [2.75, 3.05) is 19.9 Å². The van der Waals surface area contributed by atoms with Crippen molar-refractivity contribution in [2.45, 2.75) is 26.8 Å². The molecule has 106 valence electrons. The van der Waals surface area contributed by atoms with Gasteiger partial charge in [0.05, 0.1) is 4.92 Å². The fourth-order valence-corrected chi connectivity index (χ4v) is 1.54. The Morgan fingerprint density at radius 2 is 2.16 bits per heavy atom. The summed E-state index contributed by atoms with van der Waals surface area (Å²) in [4.78, 5) is 10.6. The lowest BCUT2D eigenvalue weighted by molar-refractivity contribution is -0.386. The predicted molar refractivity (Wildman–Crippen MR) is 72.2 cm³/mol. The van der Waals surface area contributed by atoms with E-state index in [-0.39, 0.29) is 18.2 Å². The average Bonchev–Trinajstić information content (AvgIpc) is 2.40. The van der Waals surface area contributed by atoms with Crippen LogP contribution < -0.4 is 10.1 Å². The molecule has 0 bridgehead atoms. The summed E-state index contributed by atoms with van der Waals surface area (Å²) in [6.07, 6.45) is 1.03. The zero-order chi connectivity index (χ0) is 14.1. The van der Waals surface area contributed by atoms with Crippen molar-refractivity contribution >= 4 is 5.69 Å². The molecule has 1 rings (SSSR count). The fraction of sp³-hybridized carbons (Fsp3) is 0.538. The lowest BCUT2D eigenvalue weighted by Crippen LogP contribution is -2.14. The molecular weight excluding hydrogens is 248 g/mol. The summed E-state index contributed by atoms with van der Waals surface area (Å²) in [7, 11) is 0. The zero-order valence-corrected chi connectivity index (χ0v) is 11.3. The third kappa shape index (κ3) is 5.23. The van der Waals surface area contributed by atoms with E-state index in [9.17, 15) is 10.1 Å². The summed E-state index contributed by atoms with van der Waals surface area (Å²) >= 11 is 0. The molecule has 6 nitrogen and oxygen atoms in total. The molecule has 1 N–H and O–H groups in total. The first-order chi connectivity index (χ1) is 9.19. The van der Waals surface area contributed by atoms with E-state index in [0.29, 0.717) is 13.2 Å². The van der Waals surface area contributed by atoms with Gasteiger partial charge in [0.15, 0.2) is 12.5 Å².